The van der Waals surface area contributed by atoms with Crippen molar-refractivity contribution in [2.75, 3.05) is 13.7 Å². The normalized spacial score (nSPS) is 12.7. The van der Waals surface area contributed by atoms with E-state index in [1.54, 1.807) is 37.5 Å². The fourth-order valence-corrected chi connectivity index (χ4v) is 3.46. The van der Waals surface area contributed by atoms with Crippen LogP contribution in [0.3, 0.4) is 0 Å². The minimum Gasteiger partial charge on any atom is -0.497 e. The van der Waals surface area contributed by atoms with Crippen LogP contribution in [0.4, 0.5) is 0 Å². The number of hydrogen-bond acceptors (Lipinski definition) is 5. The first-order chi connectivity index (χ1) is 16.4. The summed E-state index contributed by atoms with van der Waals surface area (Å²) in [6.45, 7) is 2.94. The summed E-state index contributed by atoms with van der Waals surface area (Å²) in [6.07, 6.45) is 2.94. The second-order valence-electron chi connectivity index (χ2n) is 7.80. The highest BCUT2D eigenvalue weighted by Crippen LogP contribution is 2.23. The molecule has 176 valence electrons. The van der Waals surface area contributed by atoms with Gasteiger partial charge in [0.05, 0.1) is 13.2 Å². The van der Waals surface area contributed by atoms with Crippen molar-refractivity contribution < 1.29 is 23.9 Å². The highest BCUT2D eigenvalue weighted by atomic mass is 16.5. The molecular formula is C27H28N2O5. The van der Waals surface area contributed by atoms with Crippen LogP contribution in [0, 0.1) is 0 Å². The Morgan fingerprint density at radius 1 is 0.912 bits per heavy atom. The lowest BCUT2D eigenvalue weighted by atomic mass is 10.00. The Kier molecular flexibility index (Phi) is 8.40. The Hall–Kier alpha value is -4.13. The van der Waals surface area contributed by atoms with Crippen LogP contribution in [0.2, 0.25) is 0 Å². The Balaban J connectivity index is 1.46. The zero-order valence-electron chi connectivity index (χ0n) is 19.4. The van der Waals surface area contributed by atoms with Crippen LogP contribution in [0.1, 0.15) is 31.0 Å². The molecule has 0 spiro atoms. The second kappa shape index (κ2) is 11.7. The lowest BCUT2D eigenvalue weighted by Crippen LogP contribution is -2.40. The summed E-state index contributed by atoms with van der Waals surface area (Å²) >= 11 is 0. The summed E-state index contributed by atoms with van der Waals surface area (Å²) < 4.78 is 10.2. The number of rotatable bonds is 9. The molecule has 0 saturated carbocycles. The molecule has 1 unspecified atom stereocenters. The Labute approximate surface area is 198 Å². The molecule has 3 rings (SSSR count). The van der Waals surface area contributed by atoms with Crippen LogP contribution in [0.15, 0.2) is 72.8 Å². The molecule has 3 aromatic rings. The van der Waals surface area contributed by atoms with Crippen LogP contribution in [-0.4, -0.2) is 37.5 Å². The Morgan fingerprint density at radius 3 is 2.35 bits per heavy atom. The van der Waals surface area contributed by atoms with Gasteiger partial charge >= 0.3 is 5.97 Å². The van der Waals surface area contributed by atoms with E-state index >= 15 is 0 Å². The first kappa shape index (κ1) is 24.5. The van der Waals surface area contributed by atoms with Crippen LogP contribution in [0.5, 0.6) is 5.75 Å². The number of hydrogen-bond donors (Lipinski definition) is 2. The van der Waals surface area contributed by atoms with Crippen molar-refractivity contribution >= 4 is 34.6 Å². The third kappa shape index (κ3) is 6.68. The average Bonchev–Trinajstić information content (AvgIpc) is 2.85. The largest absolute Gasteiger partial charge is 0.497 e. The number of carbonyl (C=O) groups is 3. The molecule has 0 fully saturated rings. The number of ether oxygens (including phenoxy) is 2. The number of amides is 2. The van der Waals surface area contributed by atoms with Crippen LogP contribution in [0.25, 0.3) is 16.8 Å². The highest BCUT2D eigenvalue weighted by Gasteiger charge is 2.18. The minimum absolute atomic E-state index is 0.266. The molecule has 0 bridgehead atoms. The number of nitrogens with one attached hydrogen (secondary N) is 2. The lowest BCUT2D eigenvalue weighted by Gasteiger charge is -2.17. The summed E-state index contributed by atoms with van der Waals surface area (Å²) in [4.78, 5) is 36.6. The zero-order valence-corrected chi connectivity index (χ0v) is 19.4. The quantitative estimate of drug-likeness (QED) is 0.374. The van der Waals surface area contributed by atoms with E-state index < -0.39 is 30.4 Å². The van der Waals surface area contributed by atoms with E-state index in [9.17, 15) is 14.4 Å². The lowest BCUT2D eigenvalue weighted by molar-refractivity contribution is -0.151. The van der Waals surface area contributed by atoms with E-state index in [0.29, 0.717) is 5.75 Å². The minimum atomic E-state index is -0.906. The van der Waals surface area contributed by atoms with Crippen LogP contribution < -0.4 is 15.4 Å². The molecule has 0 radical (unpaired) electrons. The first-order valence-corrected chi connectivity index (χ1v) is 10.9. The molecule has 0 aliphatic carbocycles. The van der Waals surface area contributed by atoms with Crippen molar-refractivity contribution in [1.29, 1.82) is 0 Å². The third-order valence-corrected chi connectivity index (χ3v) is 5.27. The van der Waals surface area contributed by atoms with E-state index in [0.717, 1.165) is 21.9 Å². The molecule has 0 saturated heterocycles. The first-order valence-electron chi connectivity index (χ1n) is 10.9. The second-order valence-corrected chi connectivity index (χ2v) is 7.80. The van der Waals surface area contributed by atoms with E-state index in [4.69, 9.17) is 9.47 Å². The predicted octanol–water partition coefficient (Wildman–Crippen LogP) is 3.79. The molecule has 0 heterocycles. The maximum Gasteiger partial charge on any atom is 0.328 e. The van der Waals surface area contributed by atoms with Gasteiger partial charge in [-0.05, 0) is 54.0 Å². The summed E-state index contributed by atoms with van der Waals surface area (Å²) in [7, 11) is 1.58. The standard InChI is InChI=1S/C27H28N2O5/c1-18(23-10-6-8-21-7-4-5-9-24(21)23)28-26(31)17-34-27(32)19(2)29-25(30)16-13-20-11-14-22(33-3)15-12-20/h4-16,18-19H,17H2,1-3H3,(H,28,31)(H,29,30)/b16-13+/t18?,19-/m0/s1. The van der Waals surface area contributed by atoms with Crippen molar-refractivity contribution in [2.45, 2.75) is 25.9 Å². The molecule has 0 aromatic heterocycles. The van der Waals surface area contributed by atoms with Gasteiger partial charge < -0.3 is 20.1 Å². The van der Waals surface area contributed by atoms with E-state index in [2.05, 4.69) is 10.6 Å². The Morgan fingerprint density at radius 2 is 1.62 bits per heavy atom. The molecular weight excluding hydrogens is 432 g/mol. The summed E-state index contributed by atoms with van der Waals surface area (Å²) in [5.41, 5.74) is 1.78. The molecule has 3 aromatic carbocycles. The van der Waals surface area contributed by atoms with Gasteiger partial charge in [0, 0.05) is 6.08 Å². The van der Waals surface area contributed by atoms with Gasteiger partial charge in [0.2, 0.25) is 5.91 Å². The maximum absolute atomic E-state index is 12.3. The van der Waals surface area contributed by atoms with Gasteiger partial charge in [-0.2, -0.15) is 0 Å². The molecule has 7 nitrogen and oxygen atoms in total. The van der Waals surface area contributed by atoms with Crippen molar-refractivity contribution in [2.24, 2.45) is 0 Å². The molecule has 34 heavy (non-hydrogen) atoms. The predicted molar refractivity (Wildman–Crippen MR) is 131 cm³/mol. The number of fused-ring (bicyclic) bond motifs is 1. The van der Waals surface area contributed by atoms with E-state index in [1.165, 1.54) is 13.0 Å². The summed E-state index contributed by atoms with van der Waals surface area (Å²) in [5.74, 6) is -0.853. The molecule has 7 heteroatoms. The summed E-state index contributed by atoms with van der Waals surface area (Å²) in [6, 6.07) is 19.8. The molecule has 0 aliphatic rings. The third-order valence-electron chi connectivity index (χ3n) is 5.27. The van der Waals surface area contributed by atoms with Crippen molar-refractivity contribution in [1.82, 2.24) is 10.6 Å². The van der Waals surface area contributed by atoms with Gasteiger partial charge in [-0.15, -0.1) is 0 Å². The van der Waals surface area contributed by atoms with Gasteiger partial charge in [-0.3, -0.25) is 9.59 Å². The summed E-state index contributed by atoms with van der Waals surface area (Å²) in [5, 5.41) is 7.50. The van der Waals surface area contributed by atoms with Crippen LogP contribution in [-0.2, 0) is 19.1 Å². The zero-order chi connectivity index (χ0) is 24.5. The maximum atomic E-state index is 12.3. The average molecular weight is 461 g/mol. The fourth-order valence-electron chi connectivity index (χ4n) is 3.46. The SMILES string of the molecule is COc1ccc(/C=C/C(=O)N[C@@H](C)C(=O)OCC(=O)NC(C)c2cccc3ccccc23)cc1. The van der Waals surface area contributed by atoms with Gasteiger partial charge in [-0.25, -0.2) is 4.79 Å². The van der Waals surface area contributed by atoms with Crippen molar-refractivity contribution in [3.05, 3.63) is 83.9 Å². The molecule has 0 aliphatic heterocycles. The fraction of sp³-hybridized carbons (Fsp3) is 0.222. The van der Waals surface area contributed by atoms with E-state index in [1.807, 2.05) is 49.4 Å². The van der Waals surface area contributed by atoms with Crippen LogP contribution >= 0.6 is 0 Å². The van der Waals surface area contributed by atoms with Gasteiger partial charge in [0.1, 0.15) is 11.8 Å². The van der Waals surface area contributed by atoms with Gasteiger partial charge in [0.25, 0.3) is 5.91 Å². The number of esters is 1. The number of carbonyl (C=O) groups excluding carboxylic acids is 3. The molecule has 2 atom stereocenters. The van der Waals surface area contributed by atoms with E-state index in [-0.39, 0.29) is 6.04 Å². The number of benzene rings is 3. The molecule has 2 N–H and O–H groups in total. The van der Waals surface area contributed by atoms with Gasteiger partial charge in [0.15, 0.2) is 6.61 Å². The van der Waals surface area contributed by atoms with Gasteiger partial charge in [-0.1, -0.05) is 54.6 Å². The Bertz CT molecular complexity index is 1180. The molecule has 2 amide bonds. The topological polar surface area (TPSA) is 93.7 Å². The highest BCUT2D eigenvalue weighted by molar-refractivity contribution is 5.94. The smallest absolute Gasteiger partial charge is 0.328 e. The van der Waals surface area contributed by atoms with Crippen molar-refractivity contribution in [3.8, 4) is 5.75 Å². The van der Waals surface area contributed by atoms with Crippen molar-refractivity contribution in [3.63, 3.8) is 0 Å². The monoisotopic (exact) mass is 460 g/mol. The number of methoxy groups -OCH3 is 1.